The summed E-state index contributed by atoms with van der Waals surface area (Å²) in [5, 5.41) is 10.6. The van der Waals surface area contributed by atoms with Gasteiger partial charge in [0, 0.05) is 5.02 Å². The molecule has 0 bridgehead atoms. The molecule has 0 saturated carbocycles. The van der Waals surface area contributed by atoms with Crippen molar-refractivity contribution in [2.75, 3.05) is 4.90 Å². The summed E-state index contributed by atoms with van der Waals surface area (Å²) in [5.74, 6) is -0.527. The molecule has 1 aliphatic rings. The molecule has 1 fully saturated rings. The van der Waals surface area contributed by atoms with Crippen molar-refractivity contribution in [1.29, 1.82) is 0 Å². The van der Waals surface area contributed by atoms with E-state index in [1.54, 1.807) is 24.3 Å². The summed E-state index contributed by atoms with van der Waals surface area (Å²) in [5.41, 5.74) is 1.02. The fourth-order valence-corrected chi connectivity index (χ4v) is 4.44. The molecule has 3 rings (SSSR count). The number of hydrogen-bond acceptors (Lipinski definition) is 4. The van der Waals surface area contributed by atoms with Crippen LogP contribution in [-0.4, -0.2) is 15.3 Å². The molecule has 0 atom stereocenters. The van der Waals surface area contributed by atoms with Crippen LogP contribution in [-0.2, 0) is 4.79 Å². The van der Waals surface area contributed by atoms with Gasteiger partial charge in [-0.25, -0.2) is 0 Å². The molecule has 2 aromatic rings. The van der Waals surface area contributed by atoms with Crippen molar-refractivity contribution in [1.82, 2.24) is 0 Å². The number of hydrogen-bond donors (Lipinski definition) is 1. The summed E-state index contributed by atoms with van der Waals surface area (Å²) < 4.78 is 0.344. The minimum Gasteiger partial charge on any atom is -0.505 e. The average Bonchev–Trinajstić information content (AvgIpc) is 2.80. The molecule has 0 unspecified atom stereocenters. The number of rotatable bonds is 2. The molecule has 0 aliphatic carbocycles. The van der Waals surface area contributed by atoms with Gasteiger partial charge in [0.05, 0.1) is 25.7 Å². The van der Waals surface area contributed by atoms with Crippen LogP contribution in [0.25, 0.3) is 6.08 Å². The van der Waals surface area contributed by atoms with Gasteiger partial charge in [0.2, 0.25) is 0 Å². The zero-order chi connectivity index (χ0) is 18.3. The number of benzene rings is 2. The number of phenols is 1. The van der Waals surface area contributed by atoms with Gasteiger partial charge < -0.3 is 5.11 Å². The molecule has 0 aromatic heterocycles. The van der Waals surface area contributed by atoms with Crippen LogP contribution in [0.2, 0.25) is 20.1 Å². The number of amides is 1. The van der Waals surface area contributed by atoms with Gasteiger partial charge in [-0.2, -0.15) is 0 Å². The molecule has 1 heterocycles. The Morgan fingerprint density at radius 2 is 1.68 bits per heavy atom. The molecule has 1 saturated heterocycles. The van der Waals surface area contributed by atoms with E-state index in [4.69, 9.17) is 58.6 Å². The first kappa shape index (κ1) is 18.8. The van der Waals surface area contributed by atoms with Gasteiger partial charge in [0.25, 0.3) is 5.91 Å². The van der Waals surface area contributed by atoms with Gasteiger partial charge in [0.15, 0.2) is 10.1 Å². The molecule has 3 nitrogen and oxygen atoms in total. The first-order chi connectivity index (χ1) is 11.8. The molecule has 0 spiro atoms. The highest BCUT2D eigenvalue weighted by atomic mass is 35.5. The van der Waals surface area contributed by atoms with Gasteiger partial charge in [-0.1, -0.05) is 70.4 Å². The fourth-order valence-electron chi connectivity index (χ4n) is 2.16. The third-order valence-electron chi connectivity index (χ3n) is 3.28. The van der Waals surface area contributed by atoms with Gasteiger partial charge in [-0.3, -0.25) is 9.69 Å². The van der Waals surface area contributed by atoms with Gasteiger partial charge in [-0.15, -0.1) is 0 Å². The van der Waals surface area contributed by atoms with Crippen molar-refractivity contribution in [3.63, 3.8) is 0 Å². The van der Waals surface area contributed by atoms with E-state index in [0.717, 1.165) is 11.8 Å². The van der Waals surface area contributed by atoms with Gasteiger partial charge >= 0.3 is 0 Å². The lowest BCUT2D eigenvalue weighted by molar-refractivity contribution is -0.113. The molecule has 128 valence electrons. The van der Waals surface area contributed by atoms with Crippen molar-refractivity contribution in [3.8, 4) is 5.75 Å². The van der Waals surface area contributed by atoms with Crippen LogP contribution in [0.3, 0.4) is 0 Å². The van der Waals surface area contributed by atoms with Crippen molar-refractivity contribution >= 4 is 92.4 Å². The standard InChI is InChI=1S/C16H7Cl4NO2S2/c17-8-1-2-12(9(18)6-8)21-15(23)13(25-16(21)24)5-7-3-10(19)14(22)11(20)4-7/h1-6,22H/b13-5+. The average molecular weight is 451 g/mol. The predicted octanol–water partition coefficient (Wildman–Crippen LogP) is 6.41. The van der Waals surface area contributed by atoms with Crippen molar-refractivity contribution in [2.45, 2.75) is 0 Å². The second kappa shape index (κ2) is 7.35. The van der Waals surface area contributed by atoms with Crippen LogP contribution in [0.4, 0.5) is 5.69 Å². The minimum atomic E-state index is -0.320. The topological polar surface area (TPSA) is 40.5 Å². The number of phenolic OH excluding ortho intramolecular Hbond substituents is 1. The maximum absolute atomic E-state index is 12.7. The Labute approximate surface area is 173 Å². The first-order valence-corrected chi connectivity index (χ1v) is 9.42. The second-order valence-corrected chi connectivity index (χ2v) is 8.28. The number of thiocarbonyl (C=S) groups is 1. The largest absolute Gasteiger partial charge is 0.505 e. The maximum atomic E-state index is 12.7. The molecule has 0 radical (unpaired) electrons. The fraction of sp³-hybridized carbons (Fsp3) is 0. The summed E-state index contributed by atoms with van der Waals surface area (Å²) in [6.07, 6.45) is 1.60. The van der Waals surface area contributed by atoms with Crippen molar-refractivity contribution < 1.29 is 9.90 Å². The maximum Gasteiger partial charge on any atom is 0.270 e. The van der Waals surface area contributed by atoms with E-state index < -0.39 is 0 Å². The van der Waals surface area contributed by atoms with E-state index in [0.29, 0.717) is 30.5 Å². The van der Waals surface area contributed by atoms with Crippen molar-refractivity contribution in [2.24, 2.45) is 0 Å². The molecular weight excluding hydrogens is 444 g/mol. The van der Waals surface area contributed by atoms with E-state index in [1.165, 1.54) is 17.0 Å². The van der Waals surface area contributed by atoms with E-state index in [-0.39, 0.29) is 21.7 Å². The normalized spacial score (nSPS) is 16.2. The lowest BCUT2D eigenvalue weighted by Crippen LogP contribution is -2.27. The van der Waals surface area contributed by atoms with E-state index >= 15 is 0 Å². The Balaban J connectivity index is 1.99. The van der Waals surface area contributed by atoms with Crippen molar-refractivity contribution in [3.05, 3.63) is 60.9 Å². The van der Waals surface area contributed by atoms with Crippen LogP contribution in [0.1, 0.15) is 5.56 Å². The Hall–Kier alpha value is -0.950. The highest BCUT2D eigenvalue weighted by Gasteiger charge is 2.34. The Morgan fingerprint density at radius 3 is 2.28 bits per heavy atom. The number of anilines is 1. The van der Waals surface area contributed by atoms with Crippen LogP contribution < -0.4 is 4.90 Å². The van der Waals surface area contributed by atoms with E-state index in [9.17, 15) is 9.90 Å². The number of carbonyl (C=O) groups excluding carboxylic acids is 1. The number of halogens is 4. The number of thioether (sulfide) groups is 1. The first-order valence-electron chi connectivity index (χ1n) is 6.69. The molecule has 2 aromatic carbocycles. The third-order valence-corrected chi connectivity index (χ3v) is 5.70. The molecule has 1 aliphatic heterocycles. The Kier molecular flexibility index (Phi) is 5.54. The monoisotopic (exact) mass is 449 g/mol. The smallest absolute Gasteiger partial charge is 0.270 e. The van der Waals surface area contributed by atoms with Crippen LogP contribution in [0.5, 0.6) is 5.75 Å². The number of aromatic hydroxyl groups is 1. The van der Waals surface area contributed by atoms with E-state index in [1.807, 2.05) is 0 Å². The van der Waals surface area contributed by atoms with Crippen LogP contribution in [0.15, 0.2) is 35.2 Å². The number of carbonyl (C=O) groups is 1. The lowest BCUT2D eigenvalue weighted by Gasteiger charge is -2.16. The zero-order valence-corrected chi connectivity index (χ0v) is 16.8. The summed E-state index contributed by atoms with van der Waals surface area (Å²) in [4.78, 5) is 14.5. The predicted molar refractivity (Wildman–Crippen MR) is 110 cm³/mol. The molecular formula is C16H7Cl4NO2S2. The molecule has 25 heavy (non-hydrogen) atoms. The molecule has 1 N–H and O–H groups in total. The third kappa shape index (κ3) is 3.77. The molecule has 9 heteroatoms. The van der Waals surface area contributed by atoms with Gasteiger partial charge in [-0.05, 0) is 42.0 Å². The summed E-state index contributed by atoms with van der Waals surface area (Å²) >= 11 is 30.3. The highest BCUT2D eigenvalue weighted by molar-refractivity contribution is 8.27. The lowest BCUT2D eigenvalue weighted by atomic mass is 10.2. The summed E-state index contributed by atoms with van der Waals surface area (Å²) in [7, 11) is 0. The SMILES string of the molecule is O=C1/C(=C\c2cc(Cl)c(O)c(Cl)c2)SC(=S)N1c1ccc(Cl)cc1Cl. The second-order valence-electron chi connectivity index (χ2n) is 4.95. The molecule has 1 amide bonds. The van der Waals surface area contributed by atoms with Crippen LogP contribution in [0, 0.1) is 0 Å². The summed E-state index contributed by atoms with van der Waals surface area (Å²) in [6, 6.07) is 7.81. The Morgan fingerprint density at radius 1 is 1.04 bits per heavy atom. The zero-order valence-electron chi connectivity index (χ0n) is 12.1. The number of nitrogens with zero attached hydrogens (tertiary/aromatic N) is 1. The Bertz CT molecular complexity index is 923. The minimum absolute atomic E-state index is 0.0926. The quantitative estimate of drug-likeness (QED) is 0.423. The van der Waals surface area contributed by atoms with E-state index in [2.05, 4.69) is 0 Å². The summed E-state index contributed by atoms with van der Waals surface area (Å²) in [6.45, 7) is 0. The van der Waals surface area contributed by atoms with Gasteiger partial charge in [0.1, 0.15) is 0 Å². The highest BCUT2D eigenvalue weighted by Crippen LogP contribution is 2.40. The van der Waals surface area contributed by atoms with Crippen LogP contribution >= 0.6 is 70.4 Å².